The Bertz CT molecular complexity index is 1010. The van der Waals surface area contributed by atoms with E-state index in [-0.39, 0.29) is 5.41 Å². The molecule has 1 aliphatic heterocycles. The Kier molecular flexibility index (Phi) is 6.50. The zero-order chi connectivity index (χ0) is 20.8. The molecule has 4 nitrogen and oxygen atoms in total. The lowest BCUT2D eigenvalue weighted by Crippen LogP contribution is -2.28. The monoisotopic (exact) mass is 416 g/mol. The number of hydrogen-bond acceptors (Lipinski definition) is 5. The molecule has 30 heavy (non-hydrogen) atoms. The van der Waals surface area contributed by atoms with E-state index in [9.17, 15) is 0 Å². The van der Waals surface area contributed by atoms with Crippen LogP contribution >= 0.6 is 11.3 Å². The first-order chi connectivity index (χ1) is 14.6. The molecule has 3 heterocycles. The fourth-order valence-electron chi connectivity index (χ4n) is 3.94. The molecular weight excluding hydrogens is 388 g/mol. The molecular formula is C25H28N4S. The van der Waals surface area contributed by atoms with E-state index in [0.717, 1.165) is 43.2 Å². The summed E-state index contributed by atoms with van der Waals surface area (Å²) in [5.41, 5.74) is 5.01. The summed E-state index contributed by atoms with van der Waals surface area (Å²) in [5.74, 6) is 0. The second-order valence-electron chi connectivity index (χ2n) is 8.20. The van der Waals surface area contributed by atoms with Gasteiger partial charge in [-0.3, -0.25) is 14.9 Å². The van der Waals surface area contributed by atoms with Gasteiger partial charge in [-0.2, -0.15) is 0 Å². The summed E-state index contributed by atoms with van der Waals surface area (Å²) < 4.78 is 0. The highest BCUT2D eigenvalue weighted by Crippen LogP contribution is 2.33. The van der Waals surface area contributed by atoms with Crippen LogP contribution < -0.4 is 0 Å². The minimum Gasteiger partial charge on any atom is -0.291 e. The van der Waals surface area contributed by atoms with Crippen LogP contribution in [0, 0.1) is 0 Å². The number of aromatic nitrogens is 2. The molecule has 5 heteroatoms. The van der Waals surface area contributed by atoms with E-state index >= 15 is 0 Å². The zero-order valence-corrected chi connectivity index (χ0v) is 18.5. The van der Waals surface area contributed by atoms with Gasteiger partial charge in [0.05, 0.1) is 12.2 Å². The summed E-state index contributed by atoms with van der Waals surface area (Å²) in [6, 6.07) is 15.0. The highest BCUT2D eigenvalue weighted by Gasteiger charge is 2.27. The fourth-order valence-corrected chi connectivity index (χ4v) is 4.60. The third-order valence-electron chi connectivity index (χ3n) is 5.74. The van der Waals surface area contributed by atoms with Crippen molar-refractivity contribution in [3.05, 3.63) is 93.8 Å². The highest BCUT2D eigenvalue weighted by atomic mass is 32.1. The van der Waals surface area contributed by atoms with Gasteiger partial charge in [0.15, 0.2) is 0 Å². The van der Waals surface area contributed by atoms with Crippen LogP contribution in [-0.4, -0.2) is 27.6 Å². The topological polar surface area (TPSA) is 41.4 Å². The molecule has 0 atom stereocenters. The van der Waals surface area contributed by atoms with Crippen molar-refractivity contribution in [2.75, 3.05) is 6.54 Å². The zero-order valence-electron chi connectivity index (χ0n) is 17.7. The molecule has 0 amide bonds. The number of rotatable bonds is 9. The van der Waals surface area contributed by atoms with Crippen molar-refractivity contribution in [3.8, 4) is 0 Å². The predicted octanol–water partition coefficient (Wildman–Crippen LogP) is 5.61. The van der Waals surface area contributed by atoms with Crippen LogP contribution in [0.5, 0.6) is 0 Å². The number of aliphatic imine (C=N–C) groups is 1. The molecule has 2 aromatic heterocycles. The Morgan fingerprint density at radius 1 is 1.00 bits per heavy atom. The molecule has 4 rings (SSSR count). The van der Waals surface area contributed by atoms with E-state index in [1.54, 1.807) is 11.3 Å². The van der Waals surface area contributed by atoms with Crippen LogP contribution in [0.3, 0.4) is 0 Å². The average Bonchev–Trinajstić information content (AvgIpc) is 3.47. The lowest BCUT2D eigenvalue weighted by atomic mass is 9.77. The number of nitrogens with zero attached hydrogens (tertiary/aromatic N) is 4. The van der Waals surface area contributed by atoms with Crippen molar-refractivity contribution >= 4 is 17.6 Å². The van der Waals surface area contributed by atoms with E-state index in [0.29, 0.717) is 0 Å². The summed E-state index contributed by atoms with van der Waals surface area (Å²) in [6.45, 7) is 7.19. The standard InChI is InChI=1S/C25H28N4S/c1-25(2,21-7-4-3-5-8-21)22-9-6-12-27-23(22)18-29(19-24-28-14-16-30-24)15-11-20-10-13-26-17-20/h3-9,12-14,16-17H,10-11,15,18-19H2,1-2H3. The Balaban J connectivity index is 1.57. The van der Waals surface area contributed by atoms with Gasteiger partial charge in [-0.15, -0.1) is 11.3 Å². The third-order valence-corrected chi connectivity index (χ3v) is 6.50. The third kappa shape index (κ3) is 4.91. The molecule has 1 aliphatic rings. The molecule has 1 aromatic carbocycles. The summed E-state index contributed by atoms with van der Waals surface area (Å²) in [7, 11) is 0. The molecule has 0 saturated heterocycles. The second kappa shape index (κ2) is 9.45. The van der Waals surface area contributed by atoms with Gasteiger partial charge < -0.3 is 0 Å². The summed E-state index contributed by atoms with van der Waals surface area (Å²) in [4.78, 5) is 16.1. The maximum atomic E-state index is 4.82. The van der Waals surface area contributed by atoms with Crippen molar-refractivity contribution in [3.63, 3.8) is 0 Å². The minimum atomic E-state index is -0.112. The van der Waals surface area contributed by atoms with Gasteiger partial charge in [0.2, 0.25) is 0 Å². The molecule has 0 bridgehead atoms. The Morgan fingerprint density at radius 2 is 1.87 bits per heavy atom. The second-order valence-corrected chi connectivity index (χ2v) is 9.18. The maximum absolute atomic E-state index is 4.82. The van der Waals surface area contributed by atoms with Crippen LogP contribution in [0.25, 0.3) is 0 Å². The first-order valence-corrected chi connectivity index (χ1v) is 11.3. The van der Waals surface area contributed by atoms with Crippen molar-refractivity contribution < 1.29 is 0 Å². The fraction of sp³-hybridized carbons (Fsp3) is 0.320. The molecule has 0 saturated carbocycles. The molecule has 0 unspecified atom stereocenters. The molecule has 0 spiro atoms. The van der Waals surface area contributed by atoms with Gasteiger partial charge in [-0.05, 0) is 29.2 Å². The van der Waals surface area contributed by atoms with E-state index in [1.807, 2.05) is 30.2 Å². The molecule has 0 fully saturated rings. The first kappa shape index (κ1) is 20.6. The van der Waals surface area contributed by atoms with E-state index in [2.05, 4.69) is 71.2 Å². The minimum absolute atomic E-state index is 0.112. The quantitative estimate of drug-likeness (QED) is 0.455. The molecule has 0 N–H and O–H groups in total. The molecule has 154 valence electrons. The van der Waals surface area contributed by atoms with Crippen LogP contribution in [0.15, 0.2) is 77.0 Å². The maximum Gasteiger partial charge on any atom is 0.107 e. The number of pyridine rings is 1. The van der Waals surface area contributed by atoms with Gasteiger partial charge in [0, 0.05) is 55.1 Å². The lowest BCUT2D eigenvalue weighted by Gasteiger charge is -2.30. The van der Waals surface area contributed by atoms with Gasteiger partial charge in [-0.1, -0.05) is 50.2 Å². The molecule has 0 radical (unpaired) electrons. The summed E-state index contributed by atoms with van der Waals surface area (Å²) in [5, 5.41) is 3.19. The van der Waals surface area contributed by atoms with Gasteiger partial charge in [0.1, 0.15) is 5.01 Å². The normalized spacial score (nSPS) is 13.8. The summed E-state index contributed by atoms with van der Waals surface area (Å²) in [6.07, 6.45) is 9.79. The Morgan fingerprint density at radius 3 is 2.60 bits per heavy atom. The van der Waals surface area contributed by atoms with Crippen molar-refractivity contribution in [2.24, 2.45) is 4.99 Å². The average molecular weight is 417 g/mol. The van der Waals surface area contributed by atoms with Crippen molar-refractivity contribution in [2.45, 2.75) is 45.2 Å². The lowest BCUT2D eigenvalue weighted by molar-refractivity contribution is 0.254. The first-order valence-electron chi connectivity index (χ1n) is 10.4. The van der Waals surface area contributed by atoms with Gasteiger partial charge in [-0.25, -0.2) is 4.98 Å². The smallest absolute Gasteiger partial charge is 0.107 e. The molecule has 3 aromatic rings. The van der Waals surface area contributed by atoms with E-state index in [1.165, 1.54) is 16.7 Å². The van der Waals surface area contributed by atoms with Crippen LogP contribution in [0.1, 0.15) is 48.5 Å². The van der Waals surface area contributed by atoms with Crippen LogP contribution in [-0.2, 0) is 18.5 Å². The predicted molar refractivity (Wildman–Crippen MR) is 125 cm³/mol. The van der Waals surface area contributed by atoms with Crippen LogP contribution in [0.2, 0.25) is 0 Å². The van der Waals surface area contributed by atoms with E-state index in [4.69, 9.17) is 4.98 Å². The van der Waals surface area contributed by atoms with Gasteiger partial charge in [0.25, 0.3) is 0 Å². The largest absolute Gasteiger partial charge is 0.291 e. The molecule has 0 aliphatic carbocycles. The highest BCUT2D eigenvalue weighted by molar-refractivity contribution is 7.09. The van der Waals surface area contributed by atoms with Crippen LogP contribution in [0.4, 0.5) is 0 Å². The summed E-state index contributed by atoms with van der Waals surface area (Å²) >= 11 is 1.71. The number of hydrogen-bond donors (Lipinski definition) is 0. The number of benzene rings is 1. The Hall–Kier alpha value is -2.63. The van der Waals surface area contributed by atoms with E-state index < -0.39 is 0 Å². The van der Waals surface area contributed by atoms with Crippen molar-refractivity contribution in [1.29, 1.82) is 0 Å². The number of thiazole rings is 1. The van der Waals surface area contributed by atoms with Crippen molar-refractivity contribution in [1.82, 2.24) is 14.9 Å². The van der Waals surface area contributed by atoms with Gasteiger partial charge >= 0.3 is 0 Å². The SMILES string of the molecule is CC(C)(c1ccccc1)c1cccnc1CN(CCC1=CN=CC1)Cc1nccs1. The Labute approximate surface area is 183 Å².